The first-order valence-corrected chi connectivity index (χ1v) is 8.61. The number of nitrogen functional groups attached to an aromatic ring is 1. The average molecular weight is 316 g/mol. The lowest BCUT2D eigenvalue weighted by Gasteiger charge is -2.31. The third kappa shape index (κ3) is 2.42. The predicted octanol–water partition coefficient (Wildman–Crippen LogP) is 2.50. The van der Waals surface area contributed by atoms with E-state index in [1.807, 2.05) is 0 Å². The molecule has 2 aliphatic rings. The van der Waals surface area contributed by atoms with Gasteiger partial charge in [0.1, 0.15) is 4.90 Å². The number of rotatable bonds is 2. The monoisotopic (exact) mass is 316 g/mol. The first kappa shape index (κ1) is 14.7. The molecule has 1 aliphatic carbocycles. The predicted molar refractivity (Wildman–Crippen MR) is 75.0 cm³/mol. The Labute approximate surface area is 123 Å². The van der Waals surface area contributed by atoms with E-state index in [1.54, 1.807) is 0 Å². The lowest BCUT2D eigenvalue weighted by atomic mass is 9.86. The summed E-state index contributed by atoms with van der Waals surface area (Å²) in [5.41, 5.74) is 5.37. The molecule has 0 spiro atoms. The maximum Gasteiger partial charge on any atom is 0.246 e. The van der Waals surface area contributed by atoms with E-state index in [9.17, 15) is 17.2 Å². The number of anilines is 1. The van der Waals surface area contributed by atoms with Gasteiger partial charge in [-0.3, -0.25) is 0 Å². The van der Waals surface area contributed by atoms with Gasteiger partial charge in [-0.2, -0.15) is 4.31 Å². The normalized spacial score (nSPS) is 26.8. The molecule has 2 atom stereocenters. The molecule has 2 fully saturated rings. The van der Waals surface area contributed by atoms with Crippen molar-refractivity contribution >= 4 is 15.7 Å². The number of hydrogen-bond acceptors (Lipinski definition) is 3. The van der Waals surface area contributed by atoms with Crippen LogP contribution >= 0.6 is 0 Å². The van der Waals surface area contributed by atoms with Crippen molar-refractivity contribution in [1.29, 1.82) is 0 Å². The van der Waals surface area contributed by atoms with Gasteiger partial charge in [0.2, 0.25) is 10.0 Å². The standard InChI is InChI=1S/C14H18F2N2O2S/c15-11-7-10(17)8-13(14(11)16)21(19,20)18-6-5-9-3-1-2-4-12(9)18/h7-9,12H,1-6,17H2. The van der Waals surface area contributed by atoms with Crippen molar-refractivity contribution in [1.82, 2.24) is 4.31 Å². The van der Waals surface area contributed by atoms with Crippen molar-refractivity contribution in [2.75, 3.05) is 12.3 Å². The molecule has 1 aromatic rings. The van der Waals surface area contributed by atoms with Gasteiger partial charge in [-0.05, 0) is 37.3 Å². The second kappa shape index (κ2) is 5.21. The third-order valence-corrected chi connectivity index (χ3v) is 6.49. The first-order valence-electron chi connectivity index (χ1n) is 7.17. The average Bonchev–Trinajstić information content (AvgIpc) is 2.87. The van der Waals surface area contributed by atoms with Crippen LogP contribution in [0.4, 0.5) is 14.5 Å². The number of nitrogens with zero attached hydrogens (tertiary/aromatic N) is 1. The highest BCUT2D eigenvalue weighted by Crippen LogP contribution is 2.39. The highest BCUT2D eigenvalue weighted by atomic mass is 32.2. The Morgan fingerprint density at radius 1 is 1.14 bits per heavy atom. The van der Waals surface area contributed by atoms with Crippen molar-refractivity contribution in [3.05, 3.63) is 23.8 Å². The molecule has 1 aromatic carbocycles. The van der Waals surface area contributed by atoms with Crippen LogP contribution < -0.4 is 5.73 Å². The summed E-state index contributed by atoms with van der Waals surface area (Å²) in [7, 11) is -4.05. The SMILES string of the molecule is Nc1cc(F)c(F)c(S(=O)(=O)N2CCC3CCCCC32)c1. The van der Waals surface area contributed by atoms with Crippen molar-refractivity contribution < 1.29 is 17.2 Å². The number of benzene rings is 1. The molecular formula is C14H18F2N2O2S. The molecule has 3 rings (SSSR count). The van der Waals surface area contributed by atoms with Crippen LogP contribution in [0.1, 0.15) is 32.1 Å². The van der Waals surface area contributed by atoms with Crippen LogP contribution in [-0.4, -0.2) is 25.3 Å². The van der Waals surface area contributed by atoms with Gasteiger partial charge in [-0.25, -0.2) is 17.2 Å². The van der Waals surface area contributed by atoms with Gasteiger partial charge in [0.05, 0.1) is 0 Å². The fraction of sp³-hybridized carbons (Fsp3) is 0.571. The molecule has 1 saturated carbocycles. The molecule has 2 unspecified atom stereocenters. The van der Waals surface area contributed by atoms with Crippen LogP contribution in [0.25, 0.3) is 0 Å². The number of sulfonamides is 1. The summed E-state index contributed by atoms with van der Waals surface area (Å²) in [5.74, 6) is -2.24. The smallest absolute Gasteiger partial charge is 0.246 e. The third-order valence-electron chi connectivity index (χ3n) is 4.56. The minimum atomic E-state index is -4.05. The summed E-state index contributed by atoms with van der Waals surface area (Å²) in [6, 6.07) is 1.71. The van der Waals surface area contributed by atoms with Crippen molar-refractivity contribution in [3.63, 3.8) is 0 Å². The zero-order valence-electron chi connectivity index (χ0n) is 11.6. The van der Waals surface area contributed by atoms with E-state index >= 15 is 0 Å². The van der Waals surface area contributed by atoms with Gasteiger partial charge >= 0.3 is 0 Å². The summed E-state index contributed by atoms with van der Waals surface area (Å²) >= 11 is 0. The van der Waals surface area contributed by atoms with E-state index in [1.165, 1.54) is 4.31 Å². The van der Waals surface area contributed by atoms with Crippen molar-refractivity contribution in [2.45, 2.75) is 43.0 Å². The summed E-state index contributed by atoms with van der Waals surface area (Å²) in [6.45, 7) is 0.369. The molecule has 4 nitrogen and oxygen atoms in total. The highest BCUT2D eigenvalue weighted by molar-refractivity contribution is 7.89. The molecule has 21 heavy (non-hydrogen) atoms. The van der Waals surface area contributed by atoms with Gasteiger partial charge in [-0.1, -0.05) is 12.8 Å². The zero-order valence-corrected chi connectivity index (χ0v) is 12.4. The molecule has 1 aliphatic heterocycles. The Bertz CT molecular complexity index is 663. The van der Waals surface area contributed by atoms with Gasteiger partial charge in [-0.15, -0.1) is 0 Å². The topological polar surface area (TPSA) is 63.4 Å². The van der Waals surface area contributed by atoms with Crippen LogP contribution in [0.15, 0.2) is 17.0 Å². The van der Waals surface area contributed by atoms with Gasteiger partial charge < -0.3 is 5.73 Å². The molecule has 7 heteroatoms. The zero-order chi connectivity index (χ0) is 15.2. The molecule has 0 aromatic heterocycles. The highest BCUT2D eigenvalue weighted by Gasteiger charge is 2.43. The molecular weight excluding hydrogens is 298 g/mol. The van der Waals surface area contributed by atoms with E-state index in [-0.39, 0.29) is 11.7 Å². The number of nitrogens with two attached hydrogens (primary N) is 1. The maximum atomic E-state index is 13.9. The Morgan fingerprint density at radius 2 is 1.86 bits per heavy atom. The van der Waals surface area contributed by atoms with Crippen LogP contribution in [0.5, 0.6) is 0 Å². The summed E-state index contributed by atoms with van der Waals surface area (Å²) < 4.78 is 54.1. The Balaban J connectivity index is 2.01. The van der Waals surface area contributed by atoms with Crippen LogP contribution in [0, 0.1) is 17.6 Å². The molecule has 1 saturated heterocycles. The molecule has 0 radical (unpaired) electrons. The minimum absolute atomic E-state index is 0.0901. The van der Waals surface area contributed by atoms with E-state index in [2.05, 4.69) is 0 Å². The van der Waals surface area contributed by atoms with Crippen LogP contribution in [0.3, 0.4) is 0 Å². The molecule has 0 bridgehead atoms. The van der Waals surface area contributed by atoms with Gasteiger partial charge in [0, 0.05) is 18.3 Å². The molecule has 0 amide bonds. The molecule has 116 valence electrons. The lowest BCUT2D eigenvalue weighted by Crippen LogP contribution is -2.39. The first-order chi connectivity index (χ1) is 9.91. The summed E-state index contributed by atoms with van der Waals surface area (Å²) in [4.78, 5) is -0.647. The van der Waals surface area contributed by atoms with E-state index < -0.39 is 26.6 Å². The fourth-order valence-electron chi connectivity index (χ4n) is 3.56. The summed E-state index contributed by atoms with van der Waals surface area (Å²) in [5, 5.41) is 0. The minimum Gasteiger partial charge on any atom is -0.399 e. The quantitative estimate of drug-likeness (QED) is 0.853. The Morgan fingerprint density at radius 3 is 2.62 bits per heavy atom. The Hall–Kier alpha value is -1.21. The second-order valence-electron chi connectivity index (χ2n) is 5.83. The lowest BCUT2D eigenvalue weighted by molar-refractivity contribution is 0.259. The number of halogens is 2. The summed E-state index contributed by atoms with van der Waals surface area (Å²) in [6.07, 6.45) is 4.66. The largest absolute Gasteiger partial charge is 0.399 e. The van der Waals surface area contributed by atoms with Gasteiger partial charge in [0.15, 0.2) is 11.6 Å². The fourth-order valence-corrected chi connectivity index (χ4v) is 5.40. The van der Waals surface area contributed by atoms with E-state index in [0.29, 0.717) is 12.5 Å². The second-order valence-corrected chi connectivity index (χ2v) is 7.69. The molecule has 2 N–H and O–H groups in total. The Kier molecular flexibility index (Phi) is 3.65. The van der Waals surface area contributed by atoms with Crippen LogP contribution in [-0.2, 0) is 10.0 Å². The van der Waals surface area contributed by atoms with E-state index in [4.69, 9.17) is 5.73 Å². The van der Waals surface area contributed by atoms with Crippen LogP contribution in [0.2, 0.25) is 0 Å². The van der Waals surface area contributed by atoms with Crippen molar-refractivity contribution in [2.24, 2.45) is 5.92 Å². The molecule has 1 heterocycles. The number of fused-ring (bicyclic) bond motifs is 1. The van der Waals surface area contributed by atoms with Gasteiger partial charge in [0.25, 0.3) is 0 Å². The maximum absolute atomic E-state index is 13.9. The number of hydrogen-bond donors (Lipinski definition) is 1. The van der Waals surface area contributed by atoms with E-state index in [0.717, 1.165) is 44.2 Å². The van der Waals surface area contributed by atoms with Crippen molar-refractivity contribution in [3.8, 4) is 0 Å².